The molecule has 0 spiro atoms. The summed E-state index contributed by atoms with van der Waals surface area (Å²) in [6.45, 7) is 2.23. The third-order valence-electron chi connectivity index (χ3n) is 1.71. The molecule has 5 nitrogen and oxygen atoms in total. The molecule has 1 atom stereocenters. The zero-order chi connectivity index (χ0) is 9.68. The standard InChI is InChI=1S/C8H13N3O2/c1-2-7(9)8(12)10-5-6-3-4-13-11-6/h3-4,7H,2,5,9H2,1H3,(H,10,12). The number of aromatic nitrogens is 1. The Morgan fingerprint density at radius 1 is 1.85 bits per heavy atom. The first-order chi connectivity index (χ1) is 6.24. The molecule has 1 amide bonds. The van der Waals surface area contributed by atoms with E-state index in [2.05, 4.69) is 15.0 Å². The predicted molar refractivity (Wildman–Crippen MR) is 46.6 cm³/mol. The minimum Gasteiger partial charge on any atom is -0.364 e. The molecule has 1 aromatic heterocycles. The van der Waals surface area contributed by atoms with Crippen molar-refractivity contribution in [1.29, 1.82) is 0 Å². The molecule has 3 N–H and O–H groups in total. The average Bonchev–Trinajstić information content (AvgIpc) is 2.65. The number of nitrogens with two attached hydrogens (primary N) is 1. The van der Waals surface area contributed by atoms with Crippen LogP contribution >= 0.6 is 0 Å². The van der Waals surface area contributed by atoms with Gasteiger partial charge in [0.1, 0.15) is 12.0 Å². The Bertz CT molecular complexity index is 258. The van der Waals surface area contributed by atoms with Gasteiger partial charge >= 0.3 is 0 Å². The molecule has 5 heteroatoms. The molecule has 0 aromatic carbocycles. The molecule has 0 aliphatic heterocycles. The Labute approximate surface area is 76.3 Å². The molecule has 72 valence electrons. The van der Waals surface area contributed by atoms with Gasteiger partial charge in [0.2, 0.25) is 5.91 Å². The molecular weight excluding hydrogens is 170 g/mol. The van der Waals surface area contributed by atoms with E-state index in [0.29, 0.717) is 18.7 Å². The van der Waals surface area contributed by atoms with Crippen LogP contribution < -0.4 is 11.1 Å². The van der Waals surface area contributed by atoms with Crippen LogP contribution in [0.5, 0.6) is 0 Å². The van der Waals surface area contributed by atoms with Crippen molar-refractivity contribution in [2.24, 2.45) is 5.73 Å². The summed E-state index contributed by atoms with van der Waals surface area (Å²) in [6, 6.07) is 1.25. The smallest absolute Gasteiger partial charge is 0.237 e. The van der Waals surface area contributed by atoms with Gasteiger partial charge < -0.3 is 15.6 Å². The summed E-state index contributed by atoms with van der Waals surface area (Å²) in [6.07, 6.45) is 2.09. The maximum atomic E-state index is 11.2. The summed E-state index contributed by atoms with van der Waals surface area (Å²) >= 11 is 0. The lowest BCUT2D eigenvalue weighted by molar-refractivity contribution is -0.122. The molecule has 1 heterocycles. The van der Waals surface area contributed by atoms with E-state index >= 15 is 0 Å². The second-order valence-corrected chi connectivity index (χ2v) is 2.72. The lowest BCUT2D eigenvalue weighted by Gasteiger charge is -2.07. The highest BCUT2D eigenvalue weighted by Gasteiger charge is 2.10. The molecule has 0 aliphatic rings. The topological polar surface area (TPSA) is 81.2 Å². The van der Waals surface area contributed by atoms with E-state index in [9.17, 15) is 4.79 Å². The second kappa shape index (κ2) is 4.61. The number of carbonyl (C=O) groups excluding carboxylic acids is 1. The number of nitrogens with one attached hydrogen (secondary N) is 1. The molecule has 0 saturated carbocycles. The van der Waals surface area contributed by atoms with Crippen LogP contribution in [-0.4, -0.2) is 17.1 Å². The summed E-state index contributed by atoms with van der Waals surface area (Å²) in [4.78, 5) is 11.2. The van der Waals surface area contributed by atoms with Crippen LogP contribution in [0.1, 0.15) is 19.0 Å². The first kappa shape index (κ1) is 9.73. The highest BCUT2D eigenvalue weighted by Crippen LogP contribution is 1.93. The summed E-state index contributed by atoms with van der Waals surface area (Å²) in [5.74, 6) is -0.162. The number of amides is 1. The van der Waals surface area contributed by atoms with Crippen molar-refractivity contribution in [3.05, 3.63) is 18.0 Å². The molecule has 1 unspecified atom stereocenters. The van der Waals surface area contributed by atoms with Crippen molar-refractivity contribution in [2.45, 2.75) is 25.9 Å². The zero-order valence-corrected chi connectivity index (χ0v) is 7.49. The van der Waals surface area contributed by atoms with Crippen LogP contribution in [0.4, 0.5) is 0 Å². The monoisotopic (exact) mass is 183 g/mol. The third-order valence-corrected chi connectivity index (χ3v) is 1.71. The summed E-state index contributed by atoms with van der Waals surface area (Å²) < 4.78 is 4.60. The van der Waals surface area contributed by atoms with Gasteiger partial charge in [-0.25, -0.2) is 0 Å². The van der Waals surface area contributed by atoms with Gasteiger partial charge in [-0.15, -0.1) is 0 Å². The summed E-state index contributed by atoms with van der Waals surface area (Å²) in [7, 11) is 0. The Morgan fingerprint density at radius 2 is 2.62 bits per heavy atom. The van der Waals surface area contributed by atoms with Gasteiger partial charge in [0.15, 0.2) is 0 Å². The minimum atomic E-state index is -0.438. The van der Waals surface area contributed by atoms with E-state index in [1.807, 2.05) is 6.92 Å². The number of nitrogens with zero attached hydrogens (tertiary/aromatic N) is 1. The lowest BCUT2D eigenvalue weighted by Crippen LogP contribution is -2.39. The fraction of sp³-hybridized carbons (Fsp3) is 0.500. The highest BCUT2D eigenvalue weighted by molar-refractivity contribution is 5.81. The number of hydrogen-bond acceptors (Lipinski definition) is 4. The molecule has 0 bridgehead atoms. The molecule has 0 saturated heterocycles. The number of carbonyl (C=O) groups is 1. The van der Waals surface area contributed by atoms with Crippen LogP contribution in [0, 0.1) is 0 Å². The molecule has 0 fully saturated rings. The van der Waals surface area contributed by atoms with E-state index in [4.69, 9.17) is 5.73 Å². The lowest BCUT2D eigenvalue weighted by atomic mass is 10.2. The number of rotatable bonds is 4. The van der Waals surface area contributed by atoms with E-state index < -0.39 is 6.04 Å². The van der Waals surface area contributed by atoms with Crippen LogP contribution in [0.2, 0.25) is 0 Å². The molecule has 0 radical (unpaired) electrons. The third kappa shape index (κ3) is 2.87. The van der Waals surface area contributed by atoms with Gasteiger partial charge in [-0.2, -0.15) is 0 Å². The Kier molecular flexibility index (Phi) is 3.45. The molecule has 1 rings (SSSR count). The fourth-order valence-corrected chi connectivity index (χ4v) is 0.823. The second-order valence-electron chi connectivity index (χ2n) is 2.72. The van der Waals surface area contributed by atoms with Crippen LogP contribution in [0.3, 0.4) is 0 Å². The van der Waals surface area contributed by atoms with Crippen molar-refractivity contribution >= 4 is 5.91 Å². The van der Waals surface area contributed by atoms with Crippen molar-refractivity contribution < 1.29 is 9.32 Å². The van der Waals surface area contributed by atoms with E-state index in [1.54, 1.807) is 6.07 Å². The molecule has 1 aromatic rings. The predicted octanol–water partition coefficient (Wildman–Crippen LogP) is 0.0281. The largest absolute Gasteiger partial charge is 0.364 e. The van der Waals surface area contributed by atoms with Gasteiger partial charge in [-0.1, -0.05) is 12.1 Å². The SMILES string of the molecule is CCC(N)C(=O)NCc1ccon1. The minimum absolute atomic E-state index is 0.162. The van der Waals surface area contributed by atoms with E-state index in [0.717, 1.165) is 0 Å². The highest BCUT2D eigenvalue weighted by atomic mass is 16.5. The molecular formula is C8H13N3O2. The van der Waals surface area contributed by atoms with Gasteiger partial charge in [0.25, 0.3) is 0 Å². The van der Waals surface area contributed by atoms with Crippen LogP contribution in [-0.2, 0) is 11.3 Å². The van der Waals surface area contributed by atoms with Gasteiger partial charge in [0, 0.05) is 6.07 Å². The first-order valence-corrected chi connectivity index (χ1v) is 4.16. The van der Waals surface area contributed by atoms with E-state index in [1.165, 1.54) is 6.26 Å². The Balaban J connectivity index is 2.31. The maximum Gasteiger partial charge on any atom is 0.237 e. The Morgan fingerprint density at radius 3 is 3.15 bits per heavy atom. The quantitative estimate of drug-likeness (QED) is 0.690. The fourth-order valence-electron chi connectivity index (χ4n) is 0.823. The van der Waals surface area contributed by atoms with Crippen molar-refractivity contribution in [2.75, 3.05) is 0 Å². The zero-order valence-electron chi connectivity index (χ0n) is 7.49. The van der Waals surface area contributed by atoms with E-state index in [-0.39, 0.29) is 5.91 Å². The van der Waals surface area contributed by atoms with Gasteiger partial charge in [0.05, 0.1) is 12.6 Å². The van der Waals surface area contributed by atoms with Crippen molar-refractivity contribution in [3.8, 4) is 0 Å². The van der Waals surface area contributed by atoms with Crippen molar-refractivity contribution in [3.63, 3.8) is 0 Å². The number of hydrogen-bond donors (Lipinski definition) is 2. The average molecular weight is 183 g/mol. The van der Waals surface area contributed by atoms with Crippen LogP contribution in [0.25, 0.3) is 0 Å². The van der Waals surface area contributed by atoms with Crippen molar-refractivity contribution in [1.82, 2.24) is 10.5 Å². The molecule has 13 heavy (non-hydrogen) atoms. The normalized spacial score (nSPS) is 12.5. The van der Waals surface area contributed by atoms with Gasteiger partial charge in [-0.3, -0.25) is 4.79 Å². The summed E-state index contributed by atoms with van der Waals surface area (Å²) in [5.41, 5.74) is 6.19. The molecule has 0 aliphatic carbocycles. The first-order valence-electron chi connectivity index (χ1n) is 4.16. The van der Waals surface area contributed by atoms with Gasteiger partial charge in [-0.05, 0) is 6.42 Å². The Hall–Kier alpha value is -1.36. The summed E-state index contributed by atoms with van der Waals surface area (Å²) in [5, 5.41) is 6.29. The maximum absolute atomic E-state index is 11.2. The van der Waals surface area contributed by atoms with Crippen LogP contribution in [0.15, 0.2) is 16.9 Å².